The second kappa shape index (κ2) is 20.6. The maximum atomic E-state index is 9.39. The van der Waals surface area contributed by atoms with E-state index < -0.39 is 0 Å². The summed E-state index contributed by atoms with van der Waals surface area (Å²) in [6.07, 6.45) is 17.1. The molecule has 2 N–H and O–H groups in total. The van der Waals surface area contributed by atoms with E-state index in [0.29, 0.717) is 0 Å². The van der Waals surface area contributed by atoms with Crippen LogP contribution in [0.4, 0.5) is 0 Å². The highest BCUT2D eigenvalue weighted by molar-refractivity contribution is 6.52. The molecule has 0 fully saturated rings. The molecule has 0 unspecified atom stereocenters. The van der Waals surface area contributed by atoms with Gasteiger partial charge in [0.1, 0.15) is 0 Å². The molecule has 4 nitrogen and oxygen atoms in total. The molecule has 4 aromatic carbocycles. The van der Waals surface area contributed by atoms with Crippen molar-refractivity contribution in [2.75, 3.05) is 26.4 Å². The van der Waals surface area contributed by atoms with Crippen LogP contribution in [0.2, 0.25) is 0 Å². The third-order valence-corrected chi connectivity index (χ3v) is 9.00. The first-order chi connectivity index (χ1) is 22.7. The summed E-state index contributed by atoms with van der Waals surface area (Å²) in [6.45, 7) is 5.10. The van der Waals surface area contributed by atoms with E-state index in [1.165, 1.54) is 108 Å². The van der Waals surface area contributed by atoms with Crippen LogP contribution in [0.15, 0.2) is 60.7 Å². The molecule has 2 radical (unpaired) electrons. The van der Waals surface area contributed by atoms with Gasteiger partial charge in [-0.05, 0) is 80.4 Å². The SMILES string of the molecule is CCCCCCCCc1cc([B]OCCO)c2ccccc2c1-c1c(CCCCCCCC)cc([B]OCCO)c2ccccc12. The Balaban J connectivity index is 1.87. The molecule has 0 aliphatic rings. The normalized spacial score (nSPS) is 11.5. The van der Waals surface area contributed by atoms with Crippen LogP contribution >= 0.6 is 0 Å². The molecule has 0 bridgehead atoms. The smallest absolute Gasteiger partial charge is 0.330 e. The Morgan fingerprint density at radius 2 is 0.870 bits per heavy atom. The zero-order valence-electron chi connectivity index (χ0n) is 28.4. The summed E-state index contributed by atoms with van der Waals surface area (Å²) in [7, 11) is 3.66. The van der Waals surface area contributed by atoms with Gasteiger partial charge < -0.3 is 19.5 Å². The molecule has 0 saturated carbocycles. The first-order valence-electron chi connectivity index (χ1n) is 17.9. The fourth-order valence-corrected chi connectivity index (χ4v) is 6.70. The van der Waals surface area contributed by atoms with E-state index in [4.69, 9.17) is 9.31 Å². The quantitative estimate of drug-likeness (QED) is 0.0653. The Bertz CT molecular complexity index is 1360. The molecule has 0 heterocycles. The predicted molar refractivity (Wildman–Crippen MR) is 198 cm³/mol. The van der Waals surface area contributed by atoms with Crippen molar-refractivity contribution in [1.82, 2.24) is 0 Å². The van der Waals surface area contributed by atoms with E-state index >= 15 is 0 Å². The van der Waals surface area contributed by atoms with E-state index in [2.05, 4.69) is 74.5 Å². The van der Waals surface area contributed by atoms with Gasteiger partial charge in [0.25, 0.3) is 0 Å². The van der Waals surface area contributed by atoms with Gasteiger partial charge in [-0.3, -0.25) is 0 Å². The lowest BCUT2D eigenvalue weighted by molar-refractivity contribution is 0.209. The summed E-state index contributed by atoms with van der Waals surface area (Å²) in [6, 6.07) is 22.1. The van der Waals surface area contributed by atoms with Crippen LogP contribution in [0.5, 0.6) is 0 Å². The molecule has 6 heteroatoms. The molecule has 0 aliphatic carbocycles. The Labute approximate surface area is 279 Å². The lowest BCUT2D eigenvalue weighted by atomic mass is 9.74. The average molecular weight is 620 g/mol. The Morgan fingerprint density at radius 3 is 1.26 bits per heavy atom. The zero-order valence-corrected chi connectivity index (χ0v) is 28.4. The zero-order chi connectivity index (χ0) is 32.4. The first kappa shape index (κ1) is 36.2. The number of hydrogen-bond donors (Lipinski definition) is 2. The standard InChI is InChI=1S/C40H54B2O4/c1-3-5-7-9-11-13-19-31-29-37(41-45-27-25-43)33-21-15-17-23-35(33)39(31)40-32(20-14-12-10-8-6-4-2)30-38(42-46-28-26-44)34-22-16-18-24-36(34)40/h15-18,21-24,29-30,43-44H,3-14,19-20,25-28H2,1-2H3. The van der Waals surface area contributed by atoms with Crippen LogP contribution in [-0.2, 0) is 22.2 Å². The van der Waals surface area contributed by atoms with Gasteiger partial charge in [0, 0.05) is 0 Å². The number of rotatable bonds is 23. The summed E-state index contributed by atoms with van der Waals surface area (Å²) < 4.78 is 11.6. The van der Waals surface area contributed by atoms with Crippen molar-refractivity contribution in [1.29, 1.82) is 0 Å². The molecule has 244 valence electrons. The monoisotopic (exact) mass is 620 g/mol. The molecule has 0 saturated heterocycles. The molecule has 0 aliphatic heterocycles. The first-order valence-corrected chi connectivity index (χ1v) is 17.9. The largest absolute Gasteiger partial charge is 0.432 e. The van der Waals surface area contributed by atoms with Gasteiger partial charge in [-0.2, -0.15) is 0 Å². The van der Waals surface area contributed by atoms with Crippen molar-refractivity contribution < 1.29 is 19.5 Å². The van der Waals surface area contributed by atoms with Crippen LogP contribution in [0, 0.1) is 0 Å². The number of benzene rings is 4. The lowest BCUT2D eigenvalue weighted by Gasteiger charge is -2.23. The van der Waals surface area contributed by atoms with Gasteiger partial charge in [-0.25, -0.2) is 0 Å². The highest BCUT2D eigenvalue weighted by atomic mass is 16.4. The third kappa shape index (κ3) is 10.2. The van der Waals surface area contributed by atoms with E-state index in [9.17, 15) is 10.2 Å². The Kier molecular flexibility index (Phi) is 16.2. The molecular weight excluding hydrogens is 566 g/mol. The predicted octanol–water partition coefficient (Wildman–Crippen LogP) is 7.97. The average Bonchev–Trinajstić information content (AvgIpc) is 3.08. The van der Waals surface area contributed by atoms with Crippen LogP contribution in [-0.4, -0.2) is 51.6 Å². The number of aliphatic hydroxyl groups is 2. The summed E-state index contributed by atoms with van der Waals surface area (Å²) in [5, 5.41) is 23.6. The van der Waals surface area contributed by atoms with Crippen molar-refractivity contribution in [3.05, 3.63) is 71.8 Å². The number of aryl methyl sites for hydroxylation is 2. The fraction of sp³-hybridized carbons (Fsp3) is 0.500. The van der Waals surface area contributed by atoms with E-state index in [1.54, 1.807) is 0 Å². The molecule has 0 atom stereocenters. The number of hydrogen-bond acceptors (Lipinski definition) is 4. The summed E-state index contributed by atoms with van der Waals surface area (Å²) in [5.41, 5.74) is 7.52. The fourth-order valence-electron chi connectivity index (χ4n) is 6.70. The lowest BCUT2D eigenvalue weighted by Crippen LogP contribution is -2.23. The second-order valence-electron chi connectivity index (χ2n) is 12.6. The minimum absolute atomic E-state index is 0.00366. The van der Waals surface area contributed by atoms with Gasteiger partial charge in [0.2, 0.25) is 0 Å². The molecule has 0 spiro atoms. The Hall–Kier alpha value is -2.63. The minimum atomic E-state index is -0.00366. The summed E-state index contributed by atoms with van der Waals surface area (Å²) >= 11 is 0. The van der Waals surface area contributed by atoms with Crippen molar-refractivity contribution in [2.45, 2.75) is 104 Å². The highest BCUT2D eigenvalue weighted by Gasteiger charge is 2.21. The topological polar surface area (TPSA) is 58.9 Å². The second-order valence-corrected chi connectivity index (χ2v) is 12.6. The van der Waals surface area contributed by atoms with Gasteiger partial charge in [-0.15, -0.1) is 0 Å². The van der Waals surface area contributed by atoms with Gasteiger partial charge in [0.15, 0.2) is 0 Å². The Morgan fingerprint density at radius 1 is 0.500 bits per heavy atom. The van der Waals surface area contributed by atoms with E-state index in [-0.39, 0.29) is 26.4 Å². The van der Waals surface area contributed by atoms with Crippen LogP contribution < -0.4 is 10.9 Å². The van der Waals surface area contributed by atoms with Crippen LogP contribution in [0.3, 0.4) is 0 Å². The summed E-state index contributed by atoms with van der Waals surface area (Å²) in [4.78, 5) is 0. The van der Waals surface area contributed by atoms with E-state index in [0.717, 1.165) is 36.6 Å². The van der Waals surface area contributed by atoms with Crippen molar-refractivity contribution >= 4 is 47.4 Å². The van der Waals surface area contributed by atoms with Gasteiger partial charge >= 0.3 is 15.0 Å². The van der Waals surface area contributed by atoms with Crippen LogP contribution in [0.1, 0.15) is 102 Å². The number of aliphatic hydroxyl groups excluding tert-OH is 2. The highest BCUT2D eigenvalue weighted by Crippen LogP contribution is 2.39. The summed E-state index contributed by atoms with van der Waals surface area (Å²) in [5.74, 6) is 0. The molecule has 46 heavy (non-hydrogen) atoms. The third-order valence-electron chi connectivity index (χ3n) is 9.00. The molecule has 0 amide bonds. The maximum Gasteiger partial charge on any atom is 0.330 e. The maximum absolute atomic E-state index is 9.39. The van der Waals surface area contributed by atoms with Crippen molar-refractivity contribution in [3.8, 4) is 11.1 Å². The van der Waals surface area contributed by atoms with Crippen LogP contribution in [0.25, 0.3) is 32.7 Å². The van der Waals surface area contributed by atoms with Gasteiger partial charge in [-0.1, -0.05) is 139 Å². The molecule has 4 aromatic rings. The molecule has 0 aromatic heterocycles. The molecule has 4 rings (SSSR count). The number of unbranched alkanes of at least 4 members (excludes halogenated alkanes) is 10. The molecular formula is C40H54B2O4. The van der Waals surface area contributed by atoms with Crippen molar-refractivity contribution in [2.24, 2.45) is 0 Å². The number of fused-ring (bicyclic) bond motifs is 2. The minimum Gasteiger partial charge on any atom is -0.432 e. The van der Waals surface area contributed by atoms with Crippen molar-refractivity contribution in [3.63, 3.8) is 0 Å². The van der Waals surface area contributed by atoms with Gasteiger partial charge in [0.05, 0.1) is 26.4 Å². The van der Waals surface area contributed by atoms with E-state index in [1.807, 2.05) is 15.0 Å².